The highest BCUT2D eigenvalue weighted by Crippen LogP contribution is 2.35. The third-order valence-corrected chi connectivity index (χ3v) is 3.12. The maximum absolute atomic E-state index is 10.9. The Hall–Kier alpha value is -2.69. The zero-order chi connectivity index (χ0) is 14.1. The summed E-state index contributed by atoms with van der Waals surface area (Å²) in [5.41, 5.74) is 2.86. The van der Waals surface area contributed by atoms with Crippen molar-refractivity contribution < 1.29 is 19.4 Å². The Morgan fingerprint density at radius 3 is 2.70 bits per heavy atom. The summed E-state index contributed by atoms with van der Waals surface area (Å²) in [7, 11) is 0. The number of hydrogen-bond donors (Lipinski definition) is 2. The van der Waals surface area contributed by atoms with Gasteiger partial charge < -0.3 is 19.9 Å². The second kappa shape index (κ2) is 4.77. The first kappa shape index (κ1) is 12.3. The summed E-state index contributed by atoms with van der Waals surface area (Å²) < 4.78 is 10.6. The van der Waals surface area contributed by atoms with Crippen LogP contribution in [-0.2, 0) is 0 Å². The second-order valence-electron chi connectivity index (χ2n) is 4.53. The molecule has 0 aliphatic carbocycles. The predicted molar refractivity (Wildman–Crippen MR) is 74.0 cm³/mol. The zero-order valence-corrected chi connectivity index (χ0v) is 10.8. The lowest BCUT2D eigenvalue weighted by atomic mass is 10.1. The Labute approximate surface area is 115 Å². The molecule has 0 saturated carbocycles. The first-order chi connectivity index (χ1) is 9.63. The highest BCUT2D eigenvalue weighted by Gasteiger charge is 2.13. The minimum atomic E-state index is -0.928. The highest BCUT2D eigenvalue weighted by atomic mass is 16.7. The van der Waals surface area contributed by atoms with E-state index in [1.165, 1.54) is 0 Å². The molecular weight excluding hydrogens is 258 g/mol. The fourth-order valence-electron chi connectivity index (χ4n) is 2.07. The lowest BCUT2D eigenvalue weighted by Gasteiger charge is -2.10. The normalized spacial score (nSPS) is 12.2. The van der Waals surface area contributed by atoms with Crippen LogP contribution in [0.15, 0.2) is 36.4 Å². The molecule has 1 heterocycles. The molecule has 3 rings (SSSR count). The van der Waals surface area contributed by atoms with E-state index in [0.717, 1.165) is 22.7 Å². The summed E-state index contributed by atoms with van der Waals surface area (Å²) in [5, 5.41) is 12.2. The standard InChI is InChI=1S/C15H13NO4/c1-9-6-10(15(17)18)2-4-12(9)16-11-3-5-13-14(7-11)20-8-19-13/h2-7,16H,8H2,1H3,(H,17,18). The fourth-order valence-corrected chi connectivity index (χ4v) is 2.07. The minimum absolute atomic E-state index is 0.241. The average molecular weight is 271 g/mol. The van der Waals surface area contributed by atoms with Crippen molar-refractivity contribution in [3.05, 3.63) is 47.5 Å². The lowest BCUT2D eigenvalue weighted by Crippen LogP contribution is -1.99. The van der Waals surface area contributed by atoms with Gasteiger partial charge in [0, 0.05) is 17.4 Å². The molecule has 2 aromatic rings. The molecule has 2 N–H and O–H groups in total. The van der Waals surface area contributed by atoms with Crippen molar-refractivity contribution in [1.82, 2.24) is 0 Å². The van der Waals surface area contributed by atoms with Gasteiger partial charge >= 0.3 is 5.97 Å². The molecule has 5 nitrogen and oxygen atoms in total. The molecular formula is C15H13NO4. The van der Waals surface area contributed by atoms with Crippen molar-refractivity contribution in [3.8, 4) is 11.5 Å². The number of fused-ring (bicyclic) bond motifs is 1. The van der Waals surface area contributed by atoms with Crippen molar-refractivity contribution in [1.29, 1.82) is 0 Å². The molecule has 1 aliphatic heterocycles. The van der Waals surface area contributed by atoms with Crippen molar-refractivity contribution in [2.75, 3.05) is 12.1 Å². The number of hydrogen-bond acceptors (Lipinski definition) is 4. The first-order valence-corrected chi connectivity index (χ1v) is 6.14. The quantitative estimate of drug-likeness (QED) is 0.897. The molecule has 102 valence electrons. The number of aryl methyl sites for hydroxylation is 1. The van der Waals surface area contributed by atoms with Crippen LogP contribution in [0, 0.1) is 6.92 Å². The van der Waals surface area contributed by atoms with Crippen LogP contribution in [0.4, 0.5) is 11.4 Å². The second-order valence-corrected chi connectivity index (χ2v) is 4.53. The Kier molecular flexibility index (Phi) is 2.95. The lowest BCUT2D eigenvalue weighted by molar-refractivity contribution is 0.0697. The molecule has 0 amide bonds. The van der Waals surface area contributed by atoms with Crippen LogP contribution in [0.1, 0.15) is 15.9 Å². The molecule has 0 atom stereocenters. The van der Waals surface area contributed by atoms with E-state index < -0.39 is 5.97 Å². The van der Waals surface area contributed by atoms with Crippen molar-refractivity contribution in [2.24, 2.45) is 0 Å². The topological polar surface area (TPSA) is 67.8 Å². The van der Waals surface area contributed by atoms with Gasteiger partial charge in [-0.05, 0) is 42.8 Å². The highest BCUT2D eigenvalue weighted by molar-refractivity contribution is 5.88. The number of rotatable bonds is 3. The Morgan fingerprint density at radius 1 is 1.15 bits per heavy atom. The SMILES string of the molecule is Cc1cc(C(=O)O)ccc1Nc1ccc2c(c1)OCO2. The van der Waals surface area contributed by atoms with E-state index in [4.69, 9.17) is 14.6 Å². The van der Waals surface area contributed by atoms with E-state index in [2.05, 4.69) is 5.32 Å². The summed E-state index contributed by atoms with van der Waals surface area (Å²) in [5.74, 6) is 0.506. The fraction of sp³-hybridized carbons (Fsp3) is 0.133. The van der Waals surface area contributed by atoms with Crippen LogP contribution in [0.2, 0.25) is 0 Å². The molecule has 2 aromatic carbocycles. The van der Waals surface area contributed by atoms with Gasteiger partial charge in [-0.1, -0.05) is 0 Å². The van der Waals surface area contributed by atoms with E-state index in [1.807, 2.05) is 25.1 Å². The summed E-state index contributed by atoms with van der Waals surface area (Å²) in [6.07, 6.45) is 0. The largest absolute Gasteiger partial charge is 0.478 e. The number of carbonyl (C=O) groups is 1. The van der Waals surface area contributed by atoms with Gasteiger partial charge in [0.15, 0.2) is 11.5 Å². The van der Waals surface area contributed by atoms with Gasteiger partial charge in [0.25, 0.3) is 0 Å². The molecule has 0 aromatic heterocycles. The molecule has 0 spiro atoms. The van der Waals surface area contributed by atoms with Gasteiger partial charge in [-0.15, -0.1) is 0 Å². The summed E-state index contributed by atoms with van der Waals surface area (Å²) >= 11 is 0. The van der Waals surface area contributed by atoms with Crippen LogP contribution >= 0.6 is 0 Å². The van der Waals surface area contributed by atoms with Crippen molar-refractivity contribution in [3.63, 3.8) is 0 Å². The van der Waals surface area contributed by atoms with Crippen LogP contribution in [-0.4, -0.2) is 17.9 Å². The van der Waals surface area contributed by atoms with E-state index in [-0.39, 0.29) is 12.4 Å². The van der Waals surface area contributed by atoms with E-state index in [9.17, 15) is 4.79 Å². The van der Waals surface area contributed by atoms with Crippen molar-refractivity contribution in [2.45, 2.75) is 6.92 Å². The van der Waals surface area contributed by atoms with Gasteiger partial charge in [0.2, 0.25) is 6.79 Å². The van der Waals surface area contributed by atoms with Crippen LogP contribution in [0.3, 0.4) is 0 Å². The number of benzene rings is 2. The Morgan fingerprint density at radius 2 is 1.95 bits per heavy atom. The zero-order valence-electron chi connectivity index (χ0n) is 10.8. The van der Waals surface area contributed by atoms with E-state index in [0.29, 0.717) is 5.75 Å². The van der Waals surface area contributed by atoms with Gasteiger partial charge in [-0.2, -0.15) is 0 Å². The Balaban J connectivity index is 1.86. The van der Waals surface area contributed by atoms with Crippen LogP contribution in [0.5, 0.6) is 11.5 Å². The van der Waals surface area contributed by atoms with Crippen molar-refractivity contribution >= 4 is 17.3 Å². The number of aromatic carboxylic acids is 1. The molecule has 0 bridgehead atoms. The maximum Gasteiger partial charge on any atom is 0.335 e. The number of ether oxygens (including phenoxy) is 2. The smallest absolute Gasteiger partial charge is 0.335 e. The van der Waals surface area contributed by atoms with E-state index >= 15 is 0 Å². The minimum Gasteiger partial charge on any atom is -0.478 e. The average Bonchev–Trinajstić information content (AvgIpc) is 2.88. The van der Waals surface area contributed by atoms with Crippen LogP contribution in [0.25, 0.3) is 0 Å². The molecule has 20 heavy (non-hydrogen) atoms. The number of carboxylic acid groups (broad SMARTS) is 1. The molecule has 1 aliphatic rings. The molecule has 5 heteroatoms. The third kappa shape index (κ3) is 2.25. The molecule has 0 saturated heterocycles. The summed E-state index contributed by atoms with van der Waals surface area (Å²) in [6.45, 7) is 2.10. The summed E-state index contributed by atoms with van der Waals surface area (Å²) in [6, 6.07) is 10.5. The Bertz CT molecular complexity index is 682. The first-order valence-electron chi connectivity index (χ1n) is 6.14. The maximum atomic E-state index is 10.9. The van der Waals surface area contributed by atoms with Gasteiger partial charge in [-0.25, -0.2) is 4.79 Å². The number of carboxylic acids is 1. The van der Waals surface area contributed by atoms with E-state index in [1.54, 1.807) is 18.2 Å². The van der Waals surface area contributed by atoms with Gasteiger partial charge in [-0.3, -0.25) is 0 Å². The summed E-state index contributed by atoms with van der Waals surface area (Å²) in [4.78, 5) is 10.9. The predicted octanol–water partition coefficient (Wildman–Crippen LogP) is 3.17. The molecule has 0 unspecified atom stereocenters. The monoisotopic (exact) mass is 271 g/mol. The number of anilines is 2. The van der Waals surface area contributed by atoms with Gasteiger partial charge in [0.1, 0.15) is 0 Å². The third-order valence-electron chi connectivity index (χ3n) is 3.12. The van der Waals surface area contributed by atoms with Gasteiger partial charge in [0.05, 0.1) is 5.56 Å². The molecule has 0 fully saturated rings. The molecule has 0 radical (unpaired) electrons. The number of nitrogens with one attached hydrogen (secondary N) is 1. The van der Waals surface area contributed by atoms with Crippen LogP contribution < -0.4 is 14.8 Å².